The second kappa shape index (κ2) is 9.42. The Hall–Kier alpha value is -3.35. The van der Waals surface area contributed by atoms with Crippen molar-refractivity contribution < 1.29 is 9.53 Å². The Morgan fingerprint density at radius 3 is 2.50 bits per heavy atom. The largest absolute Gasteiger partial charge is 0.494 e. The van der Waals surface area contributed by atoms with E-state index in [1.807, 2.05) is 38.1 Å². The van der Waals surface area contributed by atoms with E-state index in [1.165, 1.54) is 0 Å². The Kier molecular flexibility index (Phi) is 6.44. The Morgan fingerprint density at radius 2 is 1.81 bits per heavy atom. The van der Waals surface area contributed by atoms with Gasteiger partial charge in [-0.1, -0.05) is 47.0 Å². The van der Waals surface area contributed by atoms with Crippen LogP contribution in [0.2, 0.25) is 10.0 Å². The van der Waals surface area contributed by atoms with Crippen molar-refractivity contribution in [2.24, 2.45) is 0 Å². The average Bonchev–Trinajstić information content (AvgIpc) is 3.23. The molecule has 1 aromatic heterocycles. The molecule has 0 aliphatic carbocycles. The summed E-state index contributed by atoms with van der Waals surface area (Å²) < 4.78 is 7.02. The summed E-state index contributed by atoms with van der Waals surface area (Å²) in [4.78, 5) is 17.4. The maximum Gasteiger partial charge on any atom is 0.295 e. The fourth-order valence-corrected chi connectivity index (χ4v) is 3.46. The van der Waals surface area contributed by atoms with Gasteiger partial charge in [0.1, 0.15) is 5.75 Å². The standard InChI is InChI=1S/C24H20Cl2N4O2/c1-3-32-19-10-7-17(8-11-19)27-24(31)22-28-23(16-6-4-5-15(2)13-16)30(29-22)18-9-12-20(25)21(26)14-18/h4-14H,3H2,1-2H3,(H,27,31). The van der Waals surface area contributed by atoms with Crippen LogP contribution < -0.4 is 10.1 Å². The van der Waals surface area contributed by atoms with Gasteiger partial charge in [-0.05, 0) is 62.4 Å². The minimum absolute atomic E-state index is 0.0291. The molecule has 3 aromatic carbocycles. The number of amides is 1. The molecule has 0 aliphatic heterocycles. The molecule has 0 spiro atoms. The molecular formula is C24H20Cl2N4O2. The summed E-state index contributed by atoms with van der Waals surface area (Å²) in [5.74, 6) is 0.849. The summed E-state index contributed by atoms with van der Waals surface area (Å²) >= 11 is 12.3. The molecular weight excluding hydrogens is 447 g/mol. The molecule has 32 heavy (non-hydrogen) atoms. The zero-order valence-corrected chi connectivity index (χ0v) is 19.0. The van der Waals surface area contributed by atoms with Crippen LogP contribution >= 0.6 is 23.2 Å². The first-order chi connectivity index (χ1) is 15.4. The number of nitrogens with zero attached hydrogens (tertiary/aromatic N) is 3. The maximum atomic E-state index is 12.9. The van der Waals surface area contributed by atoms with E-state index in [2.05, 4.69) is 15.4 Å². The summed E-state index contributed by atoms with van der Waals surface area (Å²) in [7, 11) is 0. The third kappa shape index (κ3) is 4.77. The number of rotatable bonds is 6. The van der Waals surface area contributed by atoms with E-state index in [4.69, 9.17) is 27.9 Å². The van der Waals surface area contributed by atoms with Gasteiger partial charge in [0.15, 0.2) is 5.82 Å². The predicted molar refractivity (Wildman–Crippen MR) is 127 cm³/mol. The van der Waals surface area contributed by atoms with Gasteiger partial charge in [-0.15, -0.1) is 5.10 Å². The molecule has 0 aliphatic rings. The summed E-state index contributed by atoms with van der Waals surface area (Å²) in [6.07, 6.45) is 0. The first kappa shape index (κ1) is 21.9. The van der Waals surface area contributed by atoms with Gasteiger partial charge in [-0.2, -0.15) is 0 Å². The van der Waals surface area contributed by atoms with Gasteiger partial charge in [0.25, 0.3) is 5.91 Å². The molecule has 0 unspecified atom stereocenters. The van der Waals surface area contributed by atoms with Crippen molar-refractivity contribution in [1.29, 1.82) is 0 Å². The van der Waals surface area contributed by atoms with Gasteiger partial charge in [-0.25, -0.2) is 9.67 Å². The topological polar surface area (TPSA) is 69.0 Å². The van der Waals surface area contributed by atoms with E-state index in [-0.39, 0.29) is 5.82 Å². The molecule has 162 valence electrons. The Bertz CT molecular complexity index is 1270. The number of anilines is 1. The third-order valence-corrected chi connectivity index (χ3v) is 5.40. The Labute approximate surface area is 195 Å². The van der Waals surface area contributed by atoms with E-state index < -0.39 is 5.91 Å². The number of aryl methyl sites for hydroxylation is 1. The lowest BCUT2D eigenvalue weighted by Crippen LogP contribution is -2.14. The second-order valence-electron chi connectivity index (χ2n) is 7.05. The molecule has 8 heteroatoms. The van der Waals surface area contributed by atoms with Crippen molar-refractivity contribution in [3.63, 3.8) is 0 Å². The fourth-order valence-electron chi connectivity index (χ4n) is 3.16. The quantitative estimate of drug-likeness (QED) is 0.367. The molecule has 0 saturated heterocycles. The Balaban J connectivity index is 1.71. The second-order valence-corrected chi connectivity index (χ2v) is 7.86. The van der Waals surface area contributed by atoms with Crippen molar-refractivity contribution in [3.8, 4) is 22.8 Å². The third-order valence-electron chi connectivity index (χ3n) is 4.66. The molecule has 6 nitrogen and oxygen atoms in total. The van der Waals surface area contributed by atoms with Crippen molar-refractivity contribution >= 4 is 34.8 Å². The number of halogens is 2. The molecule has 1 amide bonds. The van der Waals surface area contributed by atoms with Gasteiger partial charge < -0.3 is 10.1 Å². The van der Waals surface area contributed by atoms with Gasteiger partial charge in [0.2, 0.25) is 5.82 Å². The zero-order valence-electron chi connectivity index (χ0n) is 17.5. The van der Waals surface area contributed by atoms with Crippen LogP contribution in [-0.2, 0) is 0 Å². The van der Waals surface area contributed by atoms with Gasteiger partial charge in [0, 0.05) is 11.3 Å². The summed E-state index contributed by atoms with van der Waals surface area (Å²) in [6.45, 7) is 4.48. The summed E-state index contributed by atoms with van der Waals surface area (Å²) in [5, 5.41) is 8.11. The number of nitrogens with one attached hydrogen (secondary N) is 1. The molecule has 0 radical (unpaired) electrons. The number of ether oxygens (including phenoxy) is 1. The van der Waals surface area contributed by atoms with Crippen molar-refractivity contribution in [2.45, 2.75) is 13.8 Å². The van der Waals surface area contributed by atoms with E-state index in [0.29, 0.717) is 33.9 Å². The summed E-state index contributed by atoms with van der Waals surface area (Å²) in [6, 6.07) is 20.1. The lowest BCUT2D eigenvalue weighted by Gasteiger charge is -2.07. The zero-order chi connectivity index (χ0) is 22.7. The molecule has 4 aromatic rings. The smallest absolute Gasteiger partial charge is 0.295 e. The minimum Gasteiger partial charge on any atom is -0.494 e. The van der Waals surface area contributed by atoms with Crippen molar-refractivity contribution in [2.75, 3.05) is 11.9 Å². The molecule has 0 fully saturated rings. The molecule has 0 bridgehead atoms. The van der Waals surface area contributed by atoms with Crippen LogP contribution in [0.4, 0.5) is 5.69 Å². The minimum atomic E-state index is -0.429. The highest BCUT2D eigenvalue weighted by atomic mass is 35.5. The Morgan fingerprint density at radius 1 is 1.03 bits per heavy atom. The van der Waals surface area contributed by atoms with Gasteiger partial charge in [-0.3, -0.25) is 4.79 Å². The van der Waals surface area contributed by atoms with Crippen LogP contribution in [0.15, 0.2) is 66.7 Å². The average molecular weight is 467 g/mol. The molecule has 1 heterocycles. The highest BCUT2D eigenvalue weighted by molar-refractivity contribution is 6.42. The molecule has 0 atom stereocenters. The monoisotopic (exact) mass is 466 g/mol. The number of benzene rings is 3. The molecule has 0 saturated carbocycles. The van der Waals surface area contributed by atoms with Gasteiger partial charge >= 0.3 is 0 Å². The van der Waals surface area contributed by atoms with E-state index in [9.17, 15) is 4.79 Å². The molecule has 4 rings (SSSR count). The van der Waals surface area contributed by atoms with Crippen molar-refractivity contribution in [3.05, 3.63) is 88.2 Å². The van der Waals surface area contributed by atoms with Crippen LogP contribution in [0.5, 0.6) is 5.75 Å². The fraction of sp³-hybridized carbons (Fsp3) is 0.125. The van der Waals surface area contributed by atoms with E-state index >= 15 is 0 Å². The predicted octanol–water partition coefficient (Wildman–Crippen LogP) is 6.20. The van der Waals surface area contributed by atoms with Crippen LogP contribution in [0.3, 0.4) is 0 Å². The number of hydrogen-bond acceptors (Lipinski definition) is 4. The van der Waals surface area contributed by atoms with Crippen molar-refractivity contribution in [1.82, 2.24) is 14.8 Å². The highest BCUT2D eigenvalue weighted by Gasteiger charge is 2.19. The number of carbonyl (C=O) groups excluding carboxylic acids is 1. The lowest BCUT2D eigenvalue weighted by atomic mass is 10.1. The van der Waals surface area contributed by atoms with Crippen LogP contribution in [0.1, 0.15) is 23.1 Å². The number of aromatic nitrogens is 3. The molecule has 1 N–H and O–H groups in total. The number of carbonyl (C=O) groups is 1. The highest BCUT2D eigenvalue weighted by Crippen LogP contribution is 2.28. The van der Waals surface area contributed by atoms with Crippen LogP contribution in [0, 0.1) is 6.92 Å². The van der Waals surface area contributed by atoms with E-state index in [0.717, 1.165) is 16.9 Å². The maximum absolute atomic E-state index is 12.9. The SMILES string of the molecule is CCOc1ccc(NC(=O)c2nc(-c3cccc(C)c3)n(-c3ccc(Cl)c(Cl)c3)n2)cc1. The first-order valence-electron chi connectivity index (χ1n) is 9.98. The first-order valence-corrected chi connectivity index (χ1v) is 10.7. The number of hydrogen-bond donors (Lipinski definition) is 1. The van der Waals surface area contributed by atoms with Crippen LogP contribution in [0.25, 0.3) is 17.1 Å². The van der Waals surface area contributed by atoms with Crippen LogP contribution in [-0.4, -0.2) is 27.3 Å². The van der Waals surface area contributed by atoms with E-state index in [1.54, 1.807) is 47.1 Å². The summed E-state index contributed by atoms with van der Waals surface area (Å²) in [5.41, 5.74) is 3.14. The normalized spacial score (nSPS) is 10.8. The lowest BCUT2D eigenvalue weighted by molar-refractivity contribution is 0.101. The van der Waals surface area contributed by atoms with Gasteiger partial charge in [0.05, 0.1) is 22.3 Å².